The molecular formula is C34H27F3N6O. The molecule has 1 aliphatic rings. The van der Waals surface area contributed by atoms with Crippen LogP contribution in [0.3, 0.4) is 0 Å². The van der Waals surface area contributed by atoms with Crippen LogP contribution in [-0.4, -0.2) is 26.1 Å². The summed E-state index contributed by atoms with van der Waals surface area (Å²) in [5, 5.41) is 3.40. The maximum absolute atomic E-state index is 13.1. The van der Waals surface area contributed by atoms with E-state index in [2.05, 4.69) is 33.4 Å². The number of imidazole rings is 1. The summed E-state index contributed by atoms with van der Waals surface area (Å²) in [7, 11) is 0. The Kier molecular flexibility index (Phi) is 7.09. The Morgan fingerprint density at radius 2 is 1.48 bits per heavy atom. The third kappa shape index (κ3) is 5.78. The van der Waals surface area contributed by atoms with E-state index >= 15 is 0 Å². The predicted molar refractivity (Wildman–Crippen MR) is 163 cm³/mol. The Morgan fingerprint density at radius 3 is 2.23 bits per heavy atom. The van der Waals surface area contributed by atoms with Crippen LogP contribution in [-0.2, 0) is 25.7 Å². The third-order valence-electron chi connectivity index (χ3n) is 7.60. The standard InChI is InChI=1S/C34H27F3N6O/c35-34(36,37)26-12-10-23(11-13-26)20-43-22-38-30-31(39-27-14-16-29(17-15-27)44-28-8-2-1-3-9-28)40-33(41-32(30)43)42-19-18-24-6-4-5-7-25(24)21-42/h1-17,22H,18-21H2,(H,39,40,41). The van der Waals surface area contributed by atoms with Crippen LogP contribution >= 0.6 is 0 Å². The normalized spacial score (nSPS) is 13.1. The first-order valence-corrected chi connectivity index (χ1v) is 14.2. The first kappa shape index (κ1) is 27.5. The summed E-state index contributed by atoms with van der Waals surface area (Å²) in [5.74, 6) is 2.53. The highest BCUT2D eigenvalue weighted by molar-refractivity contribution is 5.86. The highest BCUT2D eigenvalue weighted by atomic mass is 19.4. The lowest BCUT2D eigenvalue weighted by Gasteiger charge is -2.29. The molecule has 0 aliphatic carbocycles. The van der Waals surface area contributed by atoms with Crippen LogP contribution in [0.4, 0.5) is 30.6 Å². The number of para-hydroxylation sites is 1. The number of ether oxygens (including phenoxy) is 1. The number of alkyl halides is 3. The zero-order chi connectivity index (χ0) is 30.1. The van der Waals surface area contributed by atoms with Gasteiger partial charge in [-0.15, -0.1) is 0 Å². The molecule has 2 aromatic heterocycles. The van der Waals surface area contributed by atoms with Crippen molar-refractivity contribution in [1.29, 1.82) is 0 Å². The maximum Gasteiger partial charge on any atom is 0.416 e. The average molecular weight is 593 g/mol. The van der Waals surface area contributed by atoms with E-state index in [1.165, 1.54) is 23.3 Å². The SMILES string of the molecule is FC(F)(F)c1ccc(Cn2cnc3c(Nc4ccc(Oc5ccccc5)cc4)nc(N4CCc5ccccc5C4)nc32)cc1. The predicted octanol–water partition coefficient (Wildman–Crippen LogP) is 7.99. The van der Waals surface area contributed by atoms with Crippen molar-refractivity contribution in [2.24, 2.45) is 0 Å². The summed E-state index contributed by atoms with van der Waals surface area (Å²) in [6, 6.07) is 30.6. The molecule has 0 atom stereocenters. The lowest BCUT2D eigenvalue weighted by Crippen LogP contribution is -2.32. The van der Waals surface area contributed by atoms with E-state index in [-0.39, 0.29) is 0 Å². The lowest BCUT2D eigenvalue weighted by molar-refractivity contribution is -0.137. The van der Waals surface area contributed by atoms with Crippen LogP contribution in [0.1, 0.15) is 22.3 Å². The van der Waals surface area contributed by atoms with Gasteiger partial charge in [-0.1, -0.05) is 54.6 Å². The topological polar surface area (TPSA) is 68.1 Å². The van der Waals surface area contributed by atoms with E-state index in [0.717, 1.165) is 36.5 Å². The zero-order valence-electron chi connectivity index (χ0n) is 23.5. The van der Waals surface area contributed by atoms with E-state index in [4.69, 9.17) is 14.7 Å². The highest BCUT2D eigenvalue weighted by Crippen LogP contribution is 2.32. The van der Waals surface area contributed by atoms with Crippen molar-refractivity contribution >= 4 is 28.6 Å². The number of nitrogens with zero attached hydrogens (tertiary/aromatic N) is 5. The minimum atomic E-state index is -4.39. The first-order chi connectivity index (χ1) is 21.4. The molecule has 0 radical (unpaired) electrons. The molecular weight excluding hydrogens is 565 g/mol. The van der Waals surface area contributed by atoms with Gasteiger partial charge in [0.25, 0.3) is 0 Å². The van der Waals surface area contributed by atoms with Gasteiger partial charge >= 0.3 is 6.18 Å². The Bertz CT molecular complexity index is 1910. The van der Waals surface area contributed by atoms with E-state index in [1.807, 2.05) is 65.2 Å². The maximum atomic E-state index is 13.1. The summed E-state index contributed by atoms with van der Waals surface area (Å²) in [5.41, 5.74) is 4.49. The molecule has 0 spiro atoms. The summed E-state index contributed by atoms with van der Waals surface area (Å²) in [6.07, 6.45) is -1.87. The molecule has 0 bridgehead atoms. The van der Waals surface area contributed by atoms with Gasteiger partial charge in [0.1, 0.15) is 11.5 Å². The first-order valence-electron chi connectivity index (χ1n) is 14.2. The van der Waals surface area contributed by atoms with Crippen molar-refractivity contribution in [3.8, 4) is 11.5 Å². The highest BCUT2D eigenvalue weighted by Gasteiger charge is 2.30. The minimum Gasteiger partial charge on any atom is -0.457 e. The number of hydrogen-bond donors (Lipinski definition) is 1. The largest absolute Gasteiger partial charge is 0.457 e. The summed E-state index contributed by atoms with van der Waals surface area (Å²) >= 11 is 0. The minimum absolute atomic E-state index is 0.304. The van der Waals surface area contributed by atoms with Crippen molar-refractivity contribution in [3.63, 3.8) is 0 Å². The van der Waals surface area contributed by atoms with Gasteiger partial charge in [-0.2, -0.15) is 23.1 Å². The number of halogens is 3. The average Bonchev–Trinajstić information content (AvgIpc) is 3.45. The molecule has 0 amide bonds. The molecule has 7 rings (SSSR count). The molecule has 0 saturated carbocycles. The van der Waals surface area contributed by atoms with E-state index < -0.39 is 11.7 Å². The Hall–Kier alpha value is -5.38. The molecule has 1 aliphatic heterocycles. The zero-order valence-corrected chi connectivity index (χ0v) is 23.5. The van der Waals surface area contributed by atoms with Crippen LogP contribution in [0.25, 0.3) is 11.2 Å². The second-order valence-electron chi connectivity index (χ2n) is 10.6. The van der Waals surface area contributed by atoms with Crippen LogP contribution in [0.15, 0.2) is 109 Å². The molecule has 6 aromatic rings. The third-order valence-corrected chi connectivity index (χ3v) is 7.60. The molecule has 0 fully saturated rings. The van der Waals surface area contributed by atoms with E-state index in [0.29, 0.717) is 47.3 Å². The number of fused-ring (bicyclic) bond motifs is 2. The summed E-state index contributed by atoms with van der Waals surface area (Å²) in [4.78, 5) is 16.6. The fourth-order valence-corrected chi connectivity index (χ4v) is 5.31. The Morgan fingerprint density at radius 1 is 0.773 bits per heavy atom. The summed E-state index contributed by atoms with van der Waals surface area (Å²) < 4.78 is 47.1. The van der Waals surface area contributed by atoms with Gasteiger partial charge in [-0.25, -0.2) is 4.98 Å². The summed E-state index contributed by atoms with van der Waals surface area (Å²) in [6.45, 7) is 1.72. The van der Waals surface area contributed by atoms with Gasteiger partial charge in [-0.05, 0) is 71.6 Å². The van der Waals surface area contributed by atoms with Gasteiger partial charge in [0.15, 0.2) is 17.0 Å². The quantitative estimate of drug-likeness (QED) is 0.203. The van der Waals surface area contributed by atoms with Crippen molar-refractivity contribution in [2.45, 2.75) is 25.7 Å². The molecule has 7 nitrogen and oxygen atoms in total. The smallest absolute Gasteiger partial charge is 0.416 e. The monoisotopic (exact) mass is 592 g/mol. The molecule has 220 valence electrons. The molecule has 0 saturated heterocycles. The molecule has 44 heavy (non-hydrogen) atoms. The van der Waals surface area contributed by atoms with Crippen LogP contribution in [0.2, 0.25) is 0 Å². The van der Waals surface area contributed by atoms with Crippen molar-refractivity contribution in [2.75, 3.05) is 16.8 Å². The molecule has 1 N–H and O–H groups in total. The van der Waals surface area contributed by atoms with E-state index in [9.17, 15) is 13.2 Å². The van der Waals surface area contributed by atoms with Gasteiger partial charge in [-0.3, -0.25) is 0 Å². The molecule has 0 unspecified atom stereocenters. The van der Waals surface area contributed by atoms with Gasteiger partial charge in [0, 0.05) is 18.8 Å². The second-order valence-corrected chi connectivity index (χ2v) is 10.6. The lowest BCUT2D eigenvalue weighted by atomic mass is 10.0. The molecule has 4 aromatic carbocycles. The number of rotatable bonds is 7. The van der Waals surface area contributed by atoms with Gasteiger partial charge in [0.05, 0.1) is 18.4 Å². The fraction of sp³-hybridized carbons (Fsp3) is 0.147. The Labute approximate surface area is 251 Å². The second kappa shape index (κ2) is 11.4. The van der Waals surface area contributed by atoms with Crippen LogP contribution < -0.4 is 15.0 Å². The van der Waals surface area contributed by atoms with Crippen LogP contribution in [0.5, 0.6) is 11.5 Å². The number of hydrogen-bond acceptors (Lipinski definition) is 6. The number of aromatic nitrogens is 4. The van der Waals surface area contributed by atoms with Crippen LogP contribution in [0, 0.1) is 0 Å². The molecule has 3 heterocycles. The number of benzene rings is 4. The van der Waals surface area contributed by atoms with E-state index in [1.54, 1.807) is 6.33 Å². The van der Waals surface area contributed by atoms with Gasteiger partial charge < -0.3 is 19.5 Å². The van der Waals surface area contributed by atoms with Crippen molar-refractivity contribution in [3.05, 3.63) is 132 Å². The van der Waals surface area contributed by atoms with Crippen molar-refractivity contribution < 1.29 is 17.9 Å². The molecule has 10 heteroatoms. The number of nitrogens with one attached hydrogen (secondary N) is 1. The van der Waals surface area contributed by atoms with Crippen molar-refractivity contribution in [1.82, 2.24) is 19.5 Å². The number of anilines is 3. The van der Waals surface area contributed by atoms with Gasteiger partial charge in [0.2, 0.25) is 5.95 Å². The Balaban J connectivity index is 1.21. The fourth-order valence-electron chi connectivity index (χ4n) is 5.31.